The van der Waals surface area contributed by atoms with Crippen molar-refractivity contribution in [2.75, 3.05) is 23.7 Å². The molecule has 0 saturated carbocycles. The summed E-state index contributed by atoms with van der Waals surface area (Å²) >= 11 is 6.88. The number of hydrogen-bond acceptors (Lipinski definition) is 8. The van der Waals surface area contributed by atoms with E-state index in [2.05, 4.69) is 87.9 Å². The van der Waals surface area contributed by atoms with Crippen LogP contribution >= 0.6 is 11.6 Å². The van der Waals surface area contributed by atoms with E-state index in [0.717, 1.165) is 60.2 Å². The third kappa shape index (κ3) is 6.69. The van der Waals surface area contributed by atoms with Crippen molar-refractivity contribution in [2.24, 2.45) is 0 Å². The number of nitriles is 1. The first-order chi connectivity index (χ1) is 22.2. The van der Waals surface area contributed by atoms with Crippen LogP contribution in [0.3, 0.4) is 0 Å². The molecule has 1 saturated heterocycles. The number of pyridine rings is 2. The first-order valence-electron chi connectivity index (χ1n) is 15.9. The molecule has 0 unspecified atom stereocenters. The van der Waals surface area contributed by atoms with Crippen molar-refractivity contribution in [2.45, 2.75) is 70.6 Å². The smallest absolute Gasteiger partial charge is 0.110 e. The van der Waals surface area contributed by atoms with Crippen LogP contribution in [0.2, 0.25) is 5.02 Å². The van der Waals surface area contributed by atoms with Gasteiger partial charge < -0.3 is 10.6 Å². The number of likely N-dealkylation sites (tertiary alicyclic amines) is 1. The molecule has 0 radical (unpaired) electrons. The van der Waals surface area contributed by atoms with Crippen LogP contribution < -0.4 is 10.6 Å². The number of hydrogen-bond donors (Lipinski definition) is 2. The monoisotopic (exact) mass is 633 g/mol. The van der Waals surface area contributed by atoms with E-state index >= 15 is 0 Å². The van der Waals surface area contributed by atoms with Crippen molar-refractivity contribution in [1.82, 2.24) is 29.9 Å². The maximum Gasteiger partial charge on any atom is 0.110 e. The van der Waals surface area contributed by atoms with Gasteiger partial charge in [-0.2, -0.15) is 5.26 Å². The number of rotatable bonds is 9. The van der Waals surface area contributed by atoms with Gasteiger partial charge in [-0.05, 0) is 69.4 Å². The van der Waals surface area contributed by atoms with Crippen LogP contribution in [0.25, 0.3) is 10.9 Å². The van der Waals surface area contributed by atoms with E-state index in [0.29, 0.717) is 27.8 Å². The third-order valence-electron chi connectivity index (χ3n) is 8.91. The first kappa shape index (κ1) is 31.5. The lowest BCUT2D eigenvalue weighted by atomic mass is 9.98. The van der Waals surface area contributed by atoms with Crippen molar-refractivity contribution in [3.8, 4) is 6.07 Å². The van der Waals surface area contributed by atoms with Gasteiger partial charge in [0.2, 0.25) is 0 Å². The highest BCUT2D eigenvalue weighted by Crippen LogP contribution is 2.37. The molecule has 3 aromatic heterocycles. The van der Waals surface area contributed by atoms with E-state index < -0.39 is 0 Å². The minimum absolute atomic E-state index is 0.00253. The summed E-state index contributed by atoms with van der Waals surface area (Å²) in [6.07, 6.45) is 10.1. The molecule has 2 N–H and O–H groups in total. The summed E-state index contributed by atoms with van der Waals surface area (Å²) in [6, 6.07) is 20.4. The Morgan fingerprint density at radius 2 is 1.78 bits per heavy atom. The Labute approximate surface area is 275 Å². The van der Waals surface area contributed by atoms with Gasteiger partial charge in [-0.3, -0.25) is 14.9 Å². The molecule has 1 fully saturated rings. The topological polar surface area (TPSA) is 108 Å². The molecule has 2 aromatic carbocycles. The lowest BCUT2D eigenvalue weighted by molar-refractivity contribution is 0.0866. The average Bonchev–Trinajstić information content (AvgIpc) is 3.56. The van der Waals surface area contributed by atoms with Crippen LogP contribution in [0.15, 0.2) is 79.4 Å². The van der Waals surface area contributed by atoms with Gasteiger partial charge in [-0.1, -0.05) is 60.1 Å². The molecule has 0 spiro atoms. The summed E-state index contributed by atoms with van der Waals surface area (Å²) < 4.78 is 2.02. The van der Waals surface area contributed by atoms with E-state index in [4.69, 9.17) is 11.6 Å². The second-order valence-corrected chi connectivity index (χ2v) is 13.3. The van der Waals surface area contributed by atoms with Crippen molar-refractivity contribution >= 4 is 33.9 Å². The summed E-state index contributed by atoms with van der Waals surface area (Å²) in [4.78, 5) is 11.5. The summed E-state index contributed by atoms with van der Waals surface area (Å²) in [5.74, 6) is 0. The Balaban J connectivity index is 1.34. The Hall–Kier alpha value is -4.52. The predicted octanol–water partition coefficient (Wildman–Crippen LogP) is 7.95. The first-order valence-corrected chi connectivity index (χ1v) is 16.3. The van der Waals surface area contributed by atoms with Gasteiger partial charge in [0.15, 0.2) is 0 Å². The van der Waals surface area contributed by atoms with Crippen LogP contribution in [-0.2, 0) is 0 Å². The molecule has 4 heterocycles. The number of fused-ring (bicyclic) bond motifs is 1. The Morgan fingerprint density at radius 1 is 1.02 bits per heavy atom. The molecule has 0 bridgehead atoms. The van der Waals surface area contributed by atoms with Crippen molar-refractivity contribution in [1.29, 1.82) is 5.26 Å². The fraction of sp³-hybridized carbons (Fsp3) is 0.361. The van der Waals surface area contributed by atoms with Crippen LogP contribution in [0.5, 0.6) is 0 Å². The quantitative estimate of drug-likeness (QED) is 0.168. The zero-order valence-corrected chi connectivity index (χ0v) is 27.5. The average molecular weight is 634 g/mol. The number of nitrogens with one attached hydrogen (secondary N) is 2. The van der Waals surface area contributed by atoms with Gasteiger partial charge in [0.1, 0.15) is 11.8 Å². The van der Waals surface area contributed by atoms with Gasteiger partial charge in [0, 0.05) is 48.3 Å². The maximum absolute atomic E-state index is 10.1. The maximum atomic E-state index is 10.1. The summed E-state index contributed by atoms with van der Waals surface area (Å²) in [5.41, 5.74) is 5.61. The number of piperidine rings is 1. The van der Waals surface area contributed by atoms with Crippen molar-refractivity contribution < 1.29 is 0 Å². The number of aromatic nitrogens is 5. The molecule has 2 atom stereocenters. The molecule has 5 aromatic rings. The van der Waals surface area contributed by atoms with Gasteiger partial charge in [0.05, 0.1) is 46.1 Å². The number of halogens is 1. The third-order valence-corrected chi connectivity index (χ3v) is 9.20. The van der Waals surface area contributed by atoms with Crippen LogP contribution in [0.4, 0.5) is 11.4 Å². The predicted molar refractivity (Wildman–Crippen MR) is 184 cm³/mol. The fourth-order valence-corrected chi connectivity index (χ4v) is 6.58. The molecular weight excluding hydrogens is 594 g/mol. The summed E-state index contributed by atoms with van der Waals surface area (Å²) in [7, 11) is 0. The lowest BCUT2D eigenvalue weighted by Gasteiger charge is -2.40. The van der Waals surface area contributed by atoms with Crippen LogP contribution in [0, 0.1) is 11.3 Å². The Bertz CT molecular complexity index is 1820. The Morgan fingerprint density at radius 3 is 2.46 bits per heavy atom. The normalized spacial score (nSPS) is 15.7. The van der Waals surface area contributed by atoms with E-state index in [1.54, 1.807) is 12.4 Å². The molecule has 0 amide bonds. The van der Waals surface area contributed by atoms with Crippen LogP contribution in [0.1, 0.15) is 87.5 Å². The number of nitrogens with zero attached hydrogens (tertiary/aromatic N) is 7. The van der Waals surface area contributed by atoms with Gasteiger partial charge in [-0.25, -0.2) is 4.68 Å². The van der Waals surface area contributed by atoms with E-state index in [9.17, 15) is 5.26 Å². The number of anilines is 2. The van der Waals surface area contributed by atoms with Gasteiger partial charge in [-0.15, -0.1) is 5.10 Å². The molecule has 1 aliphatic rings. The highest BCUT2D eigenvalue weighted by atomic mass is 35.5. The Kier molecular flexibility index (Phi) is 9.20. The zero-order chi connectivity index (χ0) is 32.3. The minimum Gasteiger partial charge on any atom is -0.377 e. The molecule has 0 aliphatic carbocycles. The zero-order valence-electron chi connectivity index (χ0n) is 26.8. The highest BCUT2D eigenvalue weighted by molar-refractivity contribution is 6.35. The minimum atomic E-state index is -0.332. The number of benzene rings is 2. The fourth-order valence-electron chi connectivity index (χ4n) is 6.31. The van der Waals surface area contributed by atoms with Gasteiger partial charge >= 0.3 is 0 Å². The second-order valence-electron chi connectivity index (χ2n) is 12.9. The van der Waals surface area contributed by atoms with Crippen LogP contribution in [-0.4, -0.2) is 48.5 Å². The highest BCUT2D eigenvalue weighted by Gasteiger charge is 2.29. The SMILES string of the molecule is CC[C@@H](Nc1c(C#N)cnc2c(Cl)cc(N[C@@H](c3cccnc3)c3cn(C4CCN(C(C)(C)C)CC4)nn3)cc12)c1ccccc1. The second kappa shape index (κ2) is 13.5. The molecular formula is C36H40ClN9. The van der Waals surface area contributed by atoms with Gasteiger partial charge in [0.25, 0.3) is 0 Å². The van der Waals surface area contributed by atoms with E-state index in [1.165, 1.54) is 0 Å². The molecule has 9 nitrogen and oxygen atoms in total. The largest absolute Gasteiger partial charge is 0.377 e. The molecule has 236 valence electrons. The molecule has 1 aliphatic heterocycles. The van der Waals surface area contributed by atoms with Crippen molar-refractivity contribution in [3.63, 3.8) is 0 Å². The standard InChI is InChI=1S/C36H40ClN9/c1-5-31(24-10-7-6-8-11-24)42-33-26(20-38)22-40-35-29(33)18-27(19-30(35)37)41-34(25-12-9-15-39-21-25)32-23-46(44-43-32)28-13-16-45(17-14-28)36(2,3)4/h6-12,15,18-19,21-23,28,31,34,41H,5,13-14,16-17H2,1-4H3,(H,40,42)/t31-,34+/m1/s1. The lowest BCUT2D eigenvalue weighted by Crippen LogP contribution is -2.46. The van der Waals surface area contributed by atoms with E-state index in [1.807, 2.05) is 53.3 Å². The molecule has 46 heavy (non-hydrogen) atoms. The van der Waals surface area contributed by atoms with E-state index in [-0.39, 0.29) is 17.6 Å². The summed E-state index contributed by atoms with van der Waals surface area (Å²) in [5, 5.41) is 27.9. The van der Waals surface area contributed by atoms with Crippen molar-refractivity contribution in [3.05, 3.63) is 107 Å². The molecule has 6 rings (SSSR count). The molecule has 10 heteroatoms. The summed E-state index contributed by atoms with van der Waals surface area (Å²) in [6.45, 7) is 11.0.